The van der Waals surface area contributed by atoms with E-state index < -0.39 is 0 Å². The summed E-state index contributed by atoms with van der Waals surface area (Å²) in [5, 5.41) is 17.6. The van der Waals surface area contributed by atoms with Gasteiger partial charge in [0.25, 0.3) is 0 Å². The number of aromatic nitrogens is 3. The van der Waals surface area contributed by atoms with Crippen LogP contribution in [-0.4, -0.2) is 26.7 Å². The van der Waals surface area contributed by atoms with Crippen molar-refractivity contribution >= 4 is 27.5 Å². The van der Waals surface area contributed by atoms with Crippen molar-refractivity contribution in [3.05, 3.63) is 39.1 Å². The quantitative estimate of drug-likeness (QED) is 0.938. The highest BCUT2D eigenvalue weighted by atomic mass is 79.9. The van der Waals surface area contributed by atoms with E-state index in [-0.39, 0.29) is 6.61 Å². The van der Waals surface area contributed by atoms with Gasteiger partial charge in [0.05, 0.1) is 17.6 Å². The second-order valence-electron chi connectivity index (χ2n) is 4.03. The van der Waals surface area contributed by atoms with Crippen LogP contribution in [0.2, 0.25) is 5.02 Å². The Morgan fingerprint density at radius 2 is 2.22 bits per heavy atom. The highest BCUT2D eigenvalue weighted by Crippen LogP contribution is 2.27. The van der Waals surface area contributed by atoms with E-state index in [1.807, 2.05) is 25.3 Å². The number of aryl methyl sites for hydroxylation is 2. The number of hydrogen-bond donors (Lipinski definition) is 1. The van der Waals surface area contributed by atoms with E-state index in [9.17, 15) is 0 Å². The average Bonchev–Trinajstić information content (AvgIpc) is 2.79. The highest BCUT2D eigenvalue weighted by Gasteiger charge is 2.09. The van der Waals surface area contributed by atoms with Gasteiger partial charge in [-0.25, -0.2) is 4.68 Å². The first-order valence-corrected chi connectivity index (χ1v) is 6.77. The Labute approximate surface area is 119 Å². The van der Waals surface area contributed by atoms with Crippen molar-refractivity contribution in [1.29, 1.82) is 0 Å². The van der Waals surface area contributed by atoms with Crippen LogP contribution in [0.3, 0.4) is 0 Å². The standard InChI is InChI=1S/C12H13BrClN3O/c1-8-5-10(13)12(6-11(8)14)17-7-9(15-16-17)3-2-4-18/h5-7,18H,2-4H2,1H3. The van der Waals surface area contributed by atoms with Gasteiger partial charge in [-0.2, -0.15) is 0 Å². The number of rotatable bonds is 4. The number of nitrogens with zero attached hydrogens (tertiary/aromatic N) is 3. The van der Waals surface area contributed by atoms with Gasteiger partial charge in [-0.05, 0) is 53.4 Å². The zero-order valence-electron chi connectivity index (χ0n) is 9.90. The van der Waals surface area contributed by atoms with Crippen LogP contribution in [0.5, 0.6) is 0 Å². The third-order valence-corrected chi connectivity index (χ3v) is 3.65. The molecule has 1 heterocycles. The normalized spacial score (nSPS) is 10.9. The third-order valence-electron chi connectivity index (χ3n) is 2.61. The molecule has 0 atom stereocenters. The summed E-state index contributed by atoms with van der Waals surface area (Å²) in [6.07, 6.45) is 3.25. The van der Waals surface area contributed by atoms with E-state index in [2.05, 4.69) is 26.2 Å². The fourth-order valence-electron chi connectivity index (χ4n) is 1.60. The molecule has 0 radical (unpaired) electrons. The molecule has 0 saturated heterocycles. The molecule has 2 aromatic rings. The van der Waals surface area contributed by atoms with Gasteiger partial charge < -0.3 is 5.11 Å². The molecule has 0 aliphatic heterocycles. The molecule has 0 aliphatic carbocycles. The first-order chi connectivity index (χ1) is 8.61. The zero-order chi connectivity index (χ0) is 13.1. The molecule has 1 N–H and O–H groups in total. The zero-order valence-corrected chi connectivity index (χ0v) is 12.2. The Balaban J connectivity index is 2.31. The summed E-state index contributed by atoms with van der Waals surface area (Å²) >= 11 is 9.60. The van der Waals surface area contributed by atoms with E-state index in [1.165, 1.54) is 0 Å². The molecule has 4 nitrogen and oxygen atoms in total. The summed E-state index contributed by atoms with van der Waals surface area (Å²) in [6.45, 7) is 2.11. The summed E-state index contributed by atoms with van der Waals surface area (Å²) in [7, 11) is 0. The Morgan fingerprint density at radius 1 is 1.44 bits per heavy atom. The molecular weight excluding hydrogens is 318 g/mol. The van der Waals surface area contributed by atoms with Crippen molar-refractivity contribution in [2.75, 3.05) is 6.61 Å². The number of benzene rings is 1. The van der Waals surface area contributed by atoms with E-state index in [0.717, 1.165) is 21.4 Å². The Morgan fingerprint density at radius 3 is 2.94 bits per heavy atom. The monoisotopic (exact) mass is 329 g/mol. The van der Waals surface area contributed by atoms with E-state index in [4.69, 9.17) is 16.7 Å². The molecule has 0 bridgehead atoms. The molecule has 96 valence electrons. The second-order valence-corrected chi connectivity index (χ2v) is 5.30. The maximum absolute atomic E-state index is 8.78. The van der Waals surface area contributed by atoms with Crippen LogP contribution in [0, 0.1) is 6.92 Å². The van der Waals surface area contributed by atoms with Crippen molar-refractivity contribution in [3.63, 3.8) is 0 Å². The summed E-state index contributed by atoms with van der Waals surface area (Å²) in [5.41, 5.74) is 2.72. The number of hydrogen-bond acceptors (Lipinski definition) is 3. The second kappa shape index (κ2) is 5.82. The summed E-state index contributed by atoms with van der Waals surface area (Å²) in [5.74, 6) is 0. The minimum absolute atomic E-state index is 0.160. The largest absolute Gasteiger partial charge is 0.396 e. The molecule has 2 rings (SSSR count). The van der Waals surface area contributed by atoms with Gasteiger partial charge in [-0.3, -0.25) is 0 Å². The number of aliphatic hydroxyl groups excluding tert-OH is 1. The summed E-state index contributed by atoms with van der Waals surface area (Å²) in [6, 6.07) is 3.80. The van der Waals surface area contributed by atoms with Gasteiger partial charge in [-0.1, -0.05) is 16.8 Å². The van der Waals surface area contributed by atoms with Gasteiger partial charge in [0.15, 0.2) is 0 Å². The molecule has 6 heteroatoms. The van der Waals surface area contributed by atoms with Gasteiger partial charge in [0.2, 0.25) is 0 Å². The molecule has 0 unspecified atom stereocenters. The molecule has 1 aromatic heterocycles. The van der Waals surface area contributed by atoms with E-state index in [0.29, 0.717) is 17.9 Å². The number of aliphatic hydroxyl groups is 1. The van der Waals surface area contributed by atoms with Crippen LogP contribution in [0.1, 0.15) is 17.7 Å². The first kappa shape index (κ1) is 13.5. The van der Waals surface area contributed by atoms with Crippen molar-refractivity contribution in [2.24, 2.45) is 0 Å². The topological polar surface area (TPSA) is 50.9 Å². The maximum atomic E-state index is 8.78. The first-order valence-electron chi connectivity index (χ1n) is 5.60. The van der Waals surface area contributed by atoms with Crippen LogP contribution in [0.4, 0.5) is 0 Å². The van der Waals surface area contributed by atoms with Gasteiger partial charge in [0.1, 0.15) is 0 Å². The Bertz CT molecular complexity index is 556. The van der Waals surface area contributed by atoms with Crippen molar-refractivity contribution in [2.45, 2.75) is 19.8 Å². The van der Waals surface area contributed by atoms with Crippen LogP contribution >= 0.6 is 27.5 Å². The van der Waals surface area contributed by atoms with Crippen molar-refractivity contribution < 1.29 is 5.11 Å². The van der Waals surface area contributed by atoms with Crippen LogP contribution in [-0.2, 0) is 6.42 Å². The molecular formula is C12H13BrClN3O. The number of halogens is 2. The lowest BCUT2D eigenvalue weighted by molar-refractivity contribution is 0.288. The minimum atomic E-state index is 0.160. The summed E-state index contributed by atoms with van der Waals surface area (Å²) in [4.78, 5) is 0. The van der Waals surface area contributed by atoms with Crippen LogP contribution in [0.15, 0.2) is 22.8 Å². The smallest absolute Gasteiger partial charge is 0.0832 e. The van der Waals surface area contributed by atoms with Crippen LogP contribution in [0.25, 0.3) is 5.69 Å². The van der Waals surface area contributed by atoms with Gasteiger partial charge >= 0.3 is 0 Å². The lowest BCUT2D eigenvalue weighted by atomic mass is 10.2. The molecule has 1 aromatic carbocycles. The van der Waals surface area contributed by atoms with Crippen LogP contribution < -0.4 is 0 Å². The van der Waals surface area contributed by atoms with E-state index >= 15 is 0 Å². The Kier molecular flexibility index (Phi) is 4.37. The lowest BCUT2D eigenvalue weighted by Crippen LogP contribution is -1.97. The fraction of sp³-hybridized carbons (Fsp3) is 0.333. The predicted octanol–water partition coefficient (Wildman–Crippen LogP) is 2.92. The average molecular weight is 331 g/mol. The molecule has 0 fully saturated rings. The Hall–Kier alpha value is -0.910. The third kappa shape index (κ3) is 2.91. The van der Waals surface area contributed by atoms with Crippen molar-refractivity contribution in [3.8, 4) is 5.69 Å². The lowest BCUT2D eigenvalue weighted by Gasteiger charge is -2.06. The molecule has 0 amide bonds. The highest BCUT2D eigenvalue weighted by molar-refractivity contribution is 9.10. The fourth-order valence-corrected chi connectivity index (χ4v) is 2.40. The molecule has 18 heavy (non-hydrogen) atoms. The minimum Gasteiger partial charge on any atom is -0.396 e. The van der Waals surface area contributed by atoms with E-state index in [1.54, 1.807) is 4.68 Å². The van der Waals surface area contributed by atoms with Crippen molar-refractivity contribution in [1.82, 2.24) is 15.0 Å². The molecule has 0 aliphatic rings. The van der Waals surface area contributed by atoms with Gasteiger partial charge in [-0.15, -0.1) is 5.10 Å². The summed E-state index contributed by atoms with van der Waals surface area (Å²) < 4.78 is 2.60. The predicted molar refractivity (Wildman–Crippen MR) is 74.2 cm³/mol. The SMILES string of the molecule is Cc1cc(Br)c(-n2cc(CCCO)nn2)cc1Cl. The molecule has 0 saturated carbocycles. The van der Waals surface area contributed by atoms with Gasteiger partial charge in [0, 0.05) is 16.1 Å². The molecule has 0 spiro atoms. The maximum Gasteiger partial charge on any atom is 0.0832 e.